The van der Waals surface area contributed by atoms with Crippen molar-refractivity contribution in [2.45, 2.75) is 37.5 Å². The van der Waals surface area contributed by atoms with Gasteiger partial charge in [-0.05, 0) is 36.5 Å². The number of hydrogen-bond acceptors (Lipinski definition) is 6. The molecule has 0 radical (unpaired) electrons. The van der Waals surface area contributed by atoms with Crippen molar-refractivity contribution in [1.82, 2.24) is 14.9 Å². The topological polar surface area (TPSA) is 94.3 Å². The molecular formula is C17H23N3O4S. The molecule has 1 aromatic heterocycles. The summed E-state index contributed by atoms with van der Waals surface area (Å²) in [6.45, 7) is 4.83. The van der Waals surface area contributed by atoms with Gasteiger partial charge in [-0.15, -0.1) is 0 Å². The van der Waals surface area contributed by atoms with Gasteiger partial charge in [0.05, 0.1) is 11.5 Å². The number of aromatic nitrogens is 2. The Morgan fingerprint density at radius 1 is 1.40 bits per heavy atom. The van der Waals surface area contributed by atoms with Gasteiger partial charge in [0.25, 0.3) is 5.89 Å². The van der Waals surface area contributed by atoms with Crippen LogP contribution < -0.4 is 4.72 Å². The van der Waals surface area contributed by atoms with Crippen LogP contribution in [0.2, 0.25) is 0 Å². The minimum atomic E-state index is -3.61. The Morgan fingerprint density at radius 3 is 2.84 bits per heavy atom. The van der Waals surface area contributed by atoms with Gasteiger partial charge in [-0.25, -0.2) is 13.1 Å². The van der Waals surface area contributed by atoms with Gasteiger partial charge in [0.15, 0.2) is 5.82 Å². The summed E-state index contributed by atoms with van der Waals surface area (Å²) in [6, 6.07) is 6.49. The lowest BCUT2D eigenvalue weighted by atomic mass is 9.92. The molecular weight excluding hydrogens is 342 g/mol. The summed E-state index contributed by atoms with van der Waals surface area (Å²) in [5.74, 6) is 1.22. The van der Waals surface area contributed by atoms with Crippen LogP contribution in [0.3, 0.4) is 0 Å². The summed E-state index contributed by atoms with van der Waals surface area (Å²) in [6.07, 6.45) is 2.33. The molecule has 2 aromatic rings. The normalized spacial score (nSPS) is 17.4. The van der Waals surface area contributed by atoms with Crippen molar-refractivity contribution in [3.8, 4) is 11.5 Å². The first kappa shape index (κ1) is 18.0. The van der Waals surface area contributed by atoms with Crippen LogP contribution in [0.4, 0.5) is 0 Å². The van der Waals surface area contributed by atoms with Crippen molar-refractivity contribution < 1.29 is 17.7 Å². The van der Waals surface area contributed by atoms with E-state index in [9.17, 15) is 8.42 Å². The first-order valence-corrected chi connectivity index (χ1v) is 9.77. The average Bonchev–Trinajstić information content (AvgIpc) is 3.16. The van der Waals surface area contributed by atoms with Crippen molar-refractivity contribution in [2.75, 3.05) is 20.3 Å². The highest BCUT2D eigenvalue weighted by atomic mass is 32.2. The molecule has 1 unspecified atom stereocenters. The number of methoxy groups -OCH3 is 1. The van der Waals surface area contributed by atoms with Crippen molar-refractivity contribution in [2.24, 2.45) is 5.41 Å². The van der Waals surface area contributed by atoms with Crippen LogP contribution in [0, 0.1) is 5.41 Å². The predicted molar refractivity (Wildman–Crippen MR) is 92.6 cm³/mol. The molecule has 1 aliphatic rings. The van der Waals surface area contributed by atoms with Gasteiger partial charge in [0, 0.05) is 25.1 Å². The summed E-state index contributed by atoms with van der Waals surface area (Å²) >= 11 is 0. The van der Waals surface area contributed by atoms with Crippen molar-refractivity contribution in [3.63, 3.8) is 0 Å². The maximum atomic E-state index is 12.3. The highest BCUT2D eigenvalue weighted by Crippen LogP contribution is 2.54. The molecule has 1 atom stereocenters. The van der Waals surface area contributed by atoms with Crippen LogP contribution in [0.5, 0.6) is 0 Å². The van der Waals surface area contributed by atoms with E-state index in [-0.39, 0.29) is 22.8 Å². The van der Waals surface area contributed by atoms with Crippen LogP contribution in [-0.2, 0) is 14.8 Å². The second kappa shape index (κ2) is 6.86. The van der Waals surface area contributed by atoms with Gasteiger partial charge >= 0.3 is 0 Å². The number of sulfonamides is 1. The molecule has 1 aromatic carbocycles. The Hall–Kier alpha value is -1.77. The molecule has 0 amide bonds. The minimum absolute atomic E-state index is 0.156. The van der Waals surface area contributed by atoms with E-state index in [2.05, 4.69) is 28.7 Å². The fraction of sp³-hybridized carbons (Fsp3) is 0.529. The lowest BCUT2D eigenvalue weighted by molar-refractivity contribution is 0.204. The summed E-state index contributed by atoms with van der Waals surface area (Å²) < 4.78 is 37.3. The number of hydrogen-bond donors (Lipinski definition) is 1. The van der Waals surface area contributed by atoms with E-state index in [1.807, 2.05) is 0 Å². The van der Waals surface area contributed by atoms with E-state index in [0.29, 0.717) is 23.9 Å². The zero-order chi connectivity index (χ0) is 18.1. The van der Waals surface area contributed by atoms with Crippen molar-refractivity contribution in [1.29, 1.82) is 0 Å². The first-order valence-electron chi connectivity index (χ1n) is 8.28. The van der Waals surface area contributed by atoms with E-state index >= 15 is 0 Å². The number of nitrogens with zero attached hydrogens (tertiary/aromatic N) is 2. The standard InChI is InChI=1S/C17H23N3O4S/c1-12(17(2)7-8-17)15-19-16(24-20-15)13-5-4-6-14(11-13)25(21,22)18-9-10-23-3/h4-6,11-12,18H,7-10H2,1-3H3. The van der Waals surface area contributed by atoms with Gasteiger partial charge in [0.1, 0.15) is 0 Å². The second-order valence-electron chi connectivity index (χ2n) is 6.75. The summed E-state index contributed by atoms with van der Waals surface area (Å²) in [7, 11) is -2.09. The molecule has 1 N–H and O–H groups in total. The highest BCUT2D eigenvalue weighted by Gasteiger charge is 2.45. The Morgan fingerprint density at radius 2 is 2.16 bits per heavy atom. The highest BCUT2D eigenvalue weighted by molar-refractivity contribution is 7.89. The molecule has 3 rings (SSSR count). The third kappa shape index (κ3) is 3.91. The molecule has 0 bridgehead atoms. The molecule has 8 heteroatoms. The van der Waals surface area contributed by atoms with E-state index in [4.69, 9.17) is 9.26 Å². The lowest BCUT2D eigenvalue weighted by Gasteiger charge is -2.13. The van der Waals surface area contributed by atoms with E-state index in [0.717, 1.165) is 0 Å². The predicted octanol–water partition coefficient (Wildman–Crippen LogP) is 2.56. The maximum absolute atomic E-state index is 12.3. The Balaban J connectivity index is 1.81. The maximum Gasteiger partial charge on any atom is 0.257 e. The van der Waals surface area contributed by atoms with Crippen LogP contribution in [0.1, 0.15) is 38.4 Å². The van der Waals surface area contributed by atoms with Crippen molar-refractivity contribution >= 4 is 10.0 Å². The molecule has 0 spiro atoms. The SMILES string of the molecule is COCCNS(=O)(=O)c1cccc(-c2nc(C(C)C3(C)CC3)no2)c1. The summed E-state index contributed by atoms with van der Waals surface area (Å²) in [4.78, 5) is 4.63. The third-order valence-corrected chi connectivity index (χ3v) is 6.36. The molecule has 25 heavy (non-hydrogen) atoms. The van der Waals surface area contributed by atoms with Gasteiger partial charge in [0.2, 0.25) is 10.0 Å². The largest absolute Gasteiger partial charge is 0.383 e. The molecule has 1 saturated carbocycles. The van der Waals surface area contributed by atoms with Gasteiger partial charge in [-0.2, -0.15) is 4.98 Å². The fourth-order valence-electron chi connectivity index (χ4n) is 2.63. The monoisotopic (exact) mass is 365 g/mol. The Kier molecular flexibility index (Phi) is 4.95. The molecule has 7 nitrogen and oxygen atoms in total. The molecule has 0 aliphatic heterocycles. The Labute approximate surface area is 147 Å². The number of rotatable bonds is 8. The fourth-order valence-corrected chi connectivity index (χ4v) is 3.69. The minimum Gasteiger partial charge on any atom is -0.383 e. The molecule has 136 valence electrons. The molecule has 1 aliphatic carbocycles. The zero-order valence-electron chi connectivity index (χ0n) is 14.7. The van der Waals surface area contributed by atoms with Gasteiger partial charge < -0.3 is 9.26 Å². The number of ether oxygens (including phenoxy) is 1. The van der Waals surface area contributed by atoms with E-state index in [1.165, 1.54) is 32.1 Å². The van der Waals surface area contributed by atoms with Crippen LogP contribution in [-0.4, -0.2) is 38.8 Å². The van der Waals surface area contributed by atoms with Gasteiger partial charge in [-0.3, -0.25) is 0 Å². The van der Waals surface area contributed by atoms with Crippen LogP contribution in [0.25, 0.3) is 11.5 Å². The Bertz CT molecular complexity index is 843. The third-order valence-electron chi connectivity index (χ3n) is 4.90. The zero-order valence-corrected chi connectivity index (χ0v) is 15.5. The van der Waals surface area contributed by atoms with Crippen LogP contribution >= 0.6 is 0 Å². The first-order chi connectivity index (χ1) is 11.9. The number of benzene rings is 1. The smallest absolute Gasteiger partial charge is 0.257 e. The summed E-state index contributed by atoms with van der Waals surface area (Å²) in [5.41, 5.74) is 0.832. The number of nitrogens with one attached hydrogen (secondary N) is 1. The van der Waals surface area contributed by atoms with E-state index < -0.39 is 10.0 Å². The van der Waals surface area contributed by atoms with Gasteiger partial charge in [-0.1, -0.05) is 25.1 Å². The van der Waals surface area contributed by atoms with Crippen molar-refractivity contribution in [3.05, 3.63) is 30.1 Å². The molecule has 1 heterocycles. The van der Waals surface area contributed by atoms with Crippen LogP contribution in [0.15, 0.2) is 33.7 Å². The summed E-state index contributed by atoms with van der Waals surface area (Å²) in [5, 5.41) is 4.08. The average molecular weight is 365 g/mol. The second-order valence-corrected chi connectivity index (χ2v) is 8.52. The van der Waals surface area contributed by atoms with E-state index in [1.54, 1.807) is 12.1 Å². The molecule has 0 saturated heterocycles. The lowest BCUT2D eigenvalue weighted by Crippen LogP contribution is -2.27. The quantitative estimate of drug-likeness (QED) is 0.723. The molecule has 1 fully saturated rings.